The Hall–Kier alpha value is -1.43. The van der Waals surface area contributed by atoms with Crippen molar-refractivity contribution in [1.29, 1.82) is 0 Å². The Morgan fingerprint density at radius 3 is 2.94 bits per heavy atom. The Labute approximate surface area is 99.7 Å². The van der Waals surface area contributed by atoms with Gasteiger partial charge < -0.3 is 9.55 Å². The topological polar surface area (TPSA) is 63.6 Å². The van der Waals surface area contributed by atoms with Crippen LogP contribution in [0.5, 0.6) is 0 Å². The highest BCUT2D eigenvalue weighted by Crippen LogP contribution is 2.37. The van der Waals surface area contributed by atoms with E-state index in [1.165, 1.54) is 19.0 Å². The van der Waals surface area contributed by atoms with E-state index in [-0.39, 0.29) is 5.56 Å². The number of halogens is 1. The molecule has 0 radical (unpaired) electrons. The van der Waals surface area contributed by atoms with Crippen LogP contribution in [-0.2, 0) is 0 Å². The van der Waals surface area contributed by atoms with Gasteiger partial charge in [-0.05, 0) is 28.8 Å². The minimum Gasteiger partial charge on any atom is -0.325 e. The Balaban J connectivity index is 2.10. The summed E-state index contributed by atoms with van der Waals surface area (Å²) in [7, 11) is 0. The monoisotopic (exact) mass is 280 g/mol. The second-order valence-corrected chi connectivity index (χ2v) is 4.68. The van der Waals surface area contributed by atoms with Crippen LogP contribution in [0.4, 0.5) is 0 Å². The highest BCUT2D eigenvalue weighted by molar-refractivity contribution is 9.10. The van der Waals surface area contributed by atoms with E-state index in [4.69, 9.17) is 0 Å². The molecule has 3 rings (SSSR count). The van der Waals surface area contributed by atoms with E-state index in [0.29, 0.717) is 16.3 Å². The SMILES string of the molecule is O=c1[nH]c(-c2cncn2C2CC2)ncc1Br. The summed E-state index contributed by atoms with van der Waals surface area (Å²) in [6, 6.07) is 0.520. The molecule has 16 heavy (non-hydrogen) atoms. The van der Waals surface area contributed by atoms with Gasteiger partial charge in [-0.25, -0.2) is 9.97 Å². The predicted octanol–water partition coefficient (Wildman–Crippen LogP) is 1.73. The van der Waals surface area contributed by atoms with Gasteiger partial charge >= 0.3 is 0 Å². The molecule has 2 heterocycles. The van der Waals surface area contributed by atoms with Gasteiger partial charge in [0.15, 0.2) is 5.82 Å². The van der Waals surface area contributed by atoms with Crippen molar-refractivity contribution in [3.63, 3.8) is 0 Å². The molecule has 1 fully saturated rings. The Bertz CT molecular complexity index is 585. The molecule has 0 spiro atoms. The third-order valence-corrected chi connectivity index (χ3v) is 3.17. The summed E-state index contributed by atoms with van der Waals surface area (Å²) in [6.07, 6.45) is 7.37. The van der Waals surface area contributed by atoms with Crippen molar-refractivity contribution >= 4 is 15.9 Å². The largest absolute Gasteiger partial charge is 0.325 e. The van der Waals surface area contributed by atoms with Crippen LogP contribution in [0.3, 0.4) is 0 Å². The van der Waals surface area contributed by atoms with E-state index in [0.717, 1.165) is 5.69 Å². The number of H-pyrrole nitrogens is 1. The summed E-state index contributed by atoms with van der Waals surface area (Å²) in [6.45, 7) is 0. The first-order valence-electron chi connectivity index (χ1n) is 5.03. The van der Waals surface area contributed by atoms with Crippen LogP contribution in [0.25, 0.3) is 11.5 Å². The summed E-state index contributed by atoms with van der Waals surface area (Å²) in [5.74, 6) is 0.567. The van der Waals surface area contributed by atoms with Crippen LogP contribution in [0.2, 0.25) is 0 Å². The van der Waals surface area contributed by atoms with E-state index in [1.807, 2.05) is 0 Å². The third kappa shape index (κ3) is 1.59. The molecule has 0 unspecified atom stereocenters. The van der Waals surface area contributed by atoms with Gasteiger partial charge in [0.05, 0.1) is 12.5 Å². The van der Waals surface area contributed by atoms with Crippen molar-refractivity contribution in [2.24, 2.45) is 0 Å². The highest BCUT2D eigenvalue weighted by Gasteiger charge is 2.26. The maximum Gasteiger partial charge on any atom is 0.265 e. The molecule has 0 aromatic carbocycles. The van der Waals surface area contributed by atoms with Crippen molar-refractivity contribution in [2.75, 3.05) is 0 Å². The van der Waals surface area contributed by atoms with Gasteiger partial charge in [-0.1, -0.05) is 0 Å². The molecule has 1 aliphatic carbocycles. The van der Waals surface area contributed by atoms with Crippen LogP contribution < -0.4 is 5.56 Å². The molecular weight excluding hydrogens is 272 g/mol. The van der Waals surface area contributed by atoms with Crippen molar-refractivity contribution in [3.8, 4) is 11.5 Å². The molecule has 6 heteroatoms. The number of hydrogen-bond acceptors (Lipinski definition) is 3. The number of aromatic amines is 1. The Kier molecular flexibility index (Phi) is 2.17. The van der Waals surface area contributed by atoms with Gasteiger partial charge in [0.25, 0.3) is 5.56 Å². The van der Waals surface area contributed by atoms with Crippen LogP contribution in [0.15, 0.2) is 28.0 Å². The number of nitrogens with zero attached hydrogens (tertiary/aromatic N) is 3. The van der Waals surface area contributed by atoms with Gasteiger partial charge in [-0.2, -0.15) is 0 Å². The first-order chi connectivity index (χ1) is 7.75. The maximum absolute atomic E-state index is 11.5. The van der Waals surface area contributed by atoms with Gasteiger partial charge in [-0.3, -0.25) is 4.79 Å². The first-order valence-corrected chi connectivity index (χ1v) is 5.82. The number of nitrogens with one attached hydrogen (secondary N) is 1. The summed E-state index contributed by atoms with van der Waals surface area (Å²) in [4.78, 5) is 22.5. The molecule has 0 atom stereocenters. The Morgan fingerprint density at radius 1 is 1.44 bits per heavy atom. The first kappa shape index (κ1) is 9.77. The van der Waals surface area contributed by atoms with Gasteiger partial charge in [0.1, 0.15) is 10.2 Å². The molecule has 1 aliphatic rings. The molecule has 0 saturated heterocycles. The van der Waals surface area contributed by atoms with E-state index in [1.54, 1.807) is 12.5 Å². The lowest BCUT2D eigenvalue weighted by atomic mass is 10.4. The number of hydrogen-bond donors (Lipinski definition) is 1. The smallest absolute Gasteiger partial charge is 0.265 e. The second kappa shape index (κ2) is 3.55. The average molecular weight is 281 g/mol. The fraction of sp³-hybridized carbons (Fsp3) is 0.300. The lowest BCUT2D eigenvalue weighted by Crippen LogP contribution is -2.10. The molecule has 1 saturated carbocycles. The lowest BCUT2D eigenvalue weighted by Gasteiger charge is -2.04. The van der Waals surface area contributed by atoms with Crippen LogP contribution in [-0.4, -0.2) is 19.5 Å². The molecule has 2 aromatic rings. The molecule has 0 bridgehead atoms. The van der Waals surface area contributed by atoms with Gasteiger partial charge in [-0.15, -0.1) is 0 Å². The molecule has 0 amide bonds. The molecule has 1 N–H and O–H groups in total. The Morgan fingerprint density at radius 2 is 2.25 bits per heavy atom. The molecule has 5 nitrogen and oxygen atoms in total. The van der Waals surface area contributed by atoms with Crippen LogP contribution in [0, 0.1) is 0 Å². The number of aromatic nitrogens is 4. The molecular formula is C10H9BrN4O. The molecule has 2 aromatic heterocycles. The summed E-state index contributed by atoms with van der Waals surface area (Å²) < 4.78 is 2.50. The lowest BCUT2D eigenvalue weighted by molar-refractivity contribution is 0.742. The van der Waals surface area contributed by atoms with Gasteiger partial charge in [0, 0.05) is 12.2 Å². The summed E-state index contributed by atoms with van der Waals surface area (Å²) >= 11 is 3.12. The standard InChI is InChI=1S/C10H9BrN4O/c11-7-3-13-9(14-10(7)16)8-4-12-5-15(8)6-1-2-6/h3-6H,1-2H2,(H,13,14,16). The maximum atomic E-state index is 11.5. The van der Waals surface area contributed by atoms with Crippen molar-refractivity contribution in [3.05, 3.63) is 33.5 Å². The quantitative estimate of drug-likeness (QED) is 0.911. The summed E-state index contributed by atoms with van der Waals surface area (Å²) in [5.41, 5.74) is 0.695. The zero-order valence-corrected chi connectivity index (χ0v) is 9.94. The second-order valence-electron chi connectivity index (χ2n) is 3.83. The minimum atomic E-state index is -0.173. The zero-order valence-electron chi connectivity index (χ0n) is 8.35. The normalized spacial score (nSPS) is 15.3. The van der Waals surface area contributed by atoms with E-state index >= 15 is 0 Å². The fourth-order valence-corrected chi connectivity index (χ4v) is 1.84. The number of imidazole rings is 1. The van der Waals surface area contributed by atoms with Crippen LogP contribution >= 0.6 is 15.9 Å². The van der Waals surface area contributed by atoms with E-state index < -0.39 is 0 Å². The molecule has 82 valence electrons. The average Bonchev–Trinajstić information content (AvgIpc) is 3.01. The highest BCUT2D eigenvalue weighted by atomic mass is 79.9. The molecule has 0 aliphatic heterocycles. The van der Waals surface area contributed by atoms with Crippen LogP contribution in [0.1, 0.15) is 18.9 Å². The van der Waals surface area contributed by atoms with Crippen molar-refractivity contribution in [2.45, 2.75) is 18.9 Å². The third-order valence-electron chi connectivity index (χ3n) is 2.60. The fourth-order valence-electron chi connectivity index (χ4n) is 1.64. The zero-order chi connectivity index (χ0) is 11.1. The van der Waals surface area contributed by atoms with Crippen molar-refractivity contribution in [1.82, 2.24) is 19.5 Å². The summed E-state index contributed by atoms with van der Waals surface area (Å²) in [5, 5.41) is 0. The predicted molar refractivity (Wildman–Crippen MR) is 62.0 cm³/mol. The van der Waals surface area contributed by atoms with Gasteiger partial charge in [0.2, 0.25) is 0 Å². The van der Waals surface area contributed by atoms with E-state index in [2.05, 4.69) is 35.4 Å². The van der Waals surface area contributed by atoms with Crippen molar-refractivity contribution < 1.29 is 0 Å². The minimum absolute atomic E-state index is 0.173. The van der Waals surface area contributed by atoms with E-state index in [9.17, 15) is 4.79 Å². The number of rotatable bonds is 2.